The first-order valence-electron chi connectivity index (χ1n) is 5.46. The van der Waals surface area contributed by atoms with Crippen LogP contribution in [0.4, 0.5) is 10.1 Å². The van der Waals surface area contributed by atoms with Crippen molar-refractivity contribution in [2.45, 2.75) is 6.42 Å². The molecule has 7 heteroatoms. The molecule has 1 aliphatic heterocycles. The maximum absolute atomic E-state index is 13.2. The second-order valence-electron chi connectivity index (χ2n) is 4.15. The molecule has 19 heavy (non-hydrogen) atoms. The van der Waals surface area contributed by atoms with E-state index in [-0.39, 0.29) is 18.9 Å². The Morgan fingerprint density at radius 3 is 2.53 bits per heavy atom. The summed E-state index contributed by atoms with van der Waals surface area (Å²) < 4.78 is 18.8. The zero-order valence-corrected chi connectivity index (χ0v) is 13.1. The van der Waals surface area contributed by atoms with Gasteiger partial charge in [0.2, 0.25) is 5.91 Å². The molecule has 0 aromatic heterocycles. The number of hydrogen-bond acceptors (Lipinski definition) is 3. The number of anilines is 1. The quantitative estimate of drug-likeness (QED) is 0.724. The fourth-order valence-corrected chi connectivity index (χ4v) is 3.60. The topological polar surface area (TPSA) is 46.6 Å². The predicted octanol–water partition coefficient (Wildman–Crippen LogP) is 2.88. The highest BCUT2D eigenvalue weighted by molar-refractivity contribution is 9.11. The number of benzene rings is 1. The van der Waals surface area contributed by atoms with Gasteiger partial charge in [-0.05, 0) is 44.0 Å². The fraction of sp³-hybridized carbons (Fsp3) is 0.333. The van der Waals surface area contributed by atoms with Crippen LogP contribution in [0.5, 0.6) is 0 Å². The minimum absolute atomic E-state index is 0.100. The zero-order chi connectivity index (χ0) is 14.2. The summed E-state index contributed by atoms with van der Waals surface area (Å²) in [6, 6.07) is 2.55. The normalized spacial score (nSPS) is 18.8. The van der Waals surface area contributed by atoms with E-state index in [9.17, 15) is 14.0 Å². The van der Waals surface area contributed by atoms with Crippen molar-refractivity contribution in [1.82, 2.24) is 0 Å². The molecule has 2 rings (SSSR count). The molecule has 0 radical (unpaired) electrons. The first-order chi connectivity index (χ1) is 8.93. The first kappa shape index (κ1) is 14.5. The molecule has 1 amide bonds. The van der Waals surface area contributed by atoms with Crippen molar-refractivity contribution in [2.75, 3.05) is 18.6 Å². The van der Waals surface area contributed by atoms with Crippen LogP contribution >= 0.6 is 31.9 Å². The Hall–Kier alpha value is -0.950. The van der Waals surface area contributed by atoms with Crippen LogP contribution in [0.15, 0.2) is 21.1 Å². The lowest BCUT2D eigenvalue weighted by Gasteiger charge is -2.19. The second-order valence-corrected chi connectivity index (χ2v) is 5.86. The third kappa shape index (κ3) is 2.81. The van der Waals surface area contributed by atoms with Crippen LogP contribution in [0.3, 0.4) is 0 Å². The van der Waals surface area contributed by atoms with Crippen molar-refractivity contribution >= 4 is 49.4 Å². The average molecular weight is 395 g/mol. The fourth-order valence-electron chi connectivity index (χ4n) is 2.04. The van der Waals surface area contributed by atoms with Gasteiger partial charge in [0.1, 0.15) is 5.82 Å². The van der Waals surface area contributed by atoms with E-state index in [2.05, 4.69) is 36.6 Å². The number of methoxy groups -OCH3 is 1. The Morgan fingerprint density at radius 1 is 1.42 bits per heavy atom. The number of hydrogen-bond donors (Lipinski definition) is 0. The highest BCUT2D eigenvalue weighted by atomic mass is 79.9. The van der Waals surface area contributed by atoms with Gasteiger partial charge in [-0.2, -0.15) is 0 Å². The third-order valence-electron chi connectivity index (χ3n) is 2.91. The first-order valence-corrected chi connectivity index (χ1v) is 7.05. The minimum Gasteiger partial charge on any atom is -0.469 e. The van der Waals surface area contributed by atoms with Crippen LogP contribution in [0.2, 0.25) is 0 Å². The number of halogens is 3. The standard InChI is InChI=1S/C12H10Br2FNO3/c1-19-12(18)6-2-10(17)16(5-6)11-8(13)3-7(15)4-9(11)14/h3-4,6H,2,5H2,1H3. The molecule has 1 fully saturated rings. The molecule has 1 aromatic rings. The number of ether oxygens (including phenoxy) is 1. The van der Waals surface area contributed by atoms with Crippen LogP contribution in [0.25, 0.3) is 0 Å². The van der Waals surface area contributed by atoms with Crippen molar-refractivity contribution in [3.05, 3.63) is 26.9 Å². The van der Waals surface area contributed by atoms with Crippen molar-refractivity contribution in [3.8, 4) is 0 Å². The molecule has 1 unspecified atom stereocenters. The number of amides is 1. The van der Waals surface area contributed by atoms with E-state index in [1.54, 1.807) is 0 Å². The highest BCUT2D eigenvalue weighted by Gasteiger charge is 2.37. The molecule has 1 saturated heterocycles. The summed E-state index contributed by atoms with van der Waals surface area (Å²) in [7, 11) is 1.29. The summed E-state index contributed by atoms with van der Waals surface area (Å²) >= 11 is 6.46. The molecule has 1 aromatic carbocycles. The molecule has 0 N–H and O–H groups in total. The Kier molecular flexibility index (Phi) is 4.25. The summed E-state index contributed by atoms with van der Waals surface area (Å²) in [5, 5.41) is 0. The van der Waals surface area contributed by atoms with Crippen LogP contribution in [0, 0.1) is 11.7 Å². The van der Waals surface area contributed by atoms with Gasteiger partial charge >= 0.3 is 5.97 Å². The van der Waals surface area contributed by atoms with Crippen LogP contribution in [-0.2, 0) is 14.3 Å². The summed E-state index contributed by atoms with van der Waals surface area (Å²) in [6.07, 6.45) is 0.100. The molecule has 0 aliphatic carbocycles. The summed E-state index contributed by atoms with van der Waals surface area (Å²) in [5.41, 5.74) is 0.526. The molecule has 0 spiro atoms. The van der Waals surface area contributed by atoms with E-state index in [1.807, 2.05) is 0 Å². The summed E-state index contributed by atoms with van der Waals surface area (Å²) in [4.78, 5) is 24.9. The van der Waals surface area contributed by atoms with E-state index in [4.69, 9.17) is 0 Å². The van der Waals surface area contributed by atoms with Gasteiger partial charge in [0, 0.05) is 21.9 Å². The van der Waals surface area contributed by atoms with Crippen molar-refractivity contribution in [1.29, 1.82) is 0 Å². The minimum atomic E-state index is -0.485. The number of esters is 1. The SMILES string of the molecule is COC(=O)C1CC(=O)N(c2c(Br)cc(F)cc2Br)C1. The van der Waals surface area contributed by atoms with E-state index in [1.165, 1.54) is 24.1 Å². The molecule has 0 bridgehead atoms. The third-order valence-corrected chi connectivity index (χ3v) is 4.12. The van der Waals surface area contributed by atoms with Gasteiger partial charge in [-0.3, -0.25) is 9.59 Å². The van der Waals surface area contributed by atoms with Gasteiger partial charge < -0.3 is 9.64 Å². The van der Waals surface area contributed by atoms with Crippen LogP contribution in [-0.4, -0.2) is 25.5 Å². The number of carbonyl (C=O) groups excluding carboxylic acids is 2. The number of carbonyl (C=O) groups is 2. The number of rotatable bonds is 2. The van der Waals surface area contributed by atoms with Gasteiger partial charge in [0.25, 0.3) is 0 Å². The Bertz CT molecular complexity index is 527. The highest BCUT2D eigenvalue weighted by Crippen LogP contribution is 2.38. The predicted molar refractivity (Wildman–Crippen MR) is 74.3 cm³/mol. The van der Waals surface area contributed by atoms with E-state index in [0.717, 1.165) is 0 Å². The zero-order valence-electron chi connectivity index (χ0n) is 9.95. The molecule has 1 atom stereocenters. The van der Waals surface area contributed by atoms with Crippen LogP contribution in [0.1, 0.15) is 6.42 Å². The van der Waals surface area contributed by atoms with Crippen molar-refractivity contribution in [2.24, 2.45) is 5.92 Å². The molecular weight excluding hydrogens is 385 g/mol. The molecular formula is C12H10Br2FNO3. The second kappa shape index (κ2) is 5.58. The van der Waals surface area contributed by atoms with Gasteiger partial charge in [-0.15, -0.1) is 0 Å². The Balaban J connectivity index is 2.33. The van der Waals surface area contributed by atoms with Crippen LogP contribution < -0.4 is 4.90 Å². The smallest absolute Gasteiger partial charge is 0.311 e. The Morgan fingerprint density at radius 2 is 2.00 bits per heavy atom. The Labute approximate surface area is 126 Å². The van der Waals surface area contributed by atoms with E-state index < -0.39 is 17.7 Å². The van der Waals surface area contributed by atoms with Gasteiger partial charge in [0.05, 0.1) is 18.7 Å². The summed E-state index contributed by atoms with van der Waals surface area (Å²) in [5.74, 6) is -1.51. The van der Waals surface area contributed by atoms with Crippen molar-refractivity contribution < 1.29 is 18.7 Å². The van der Waals surface area contributed by atoms with E-state index in [0.29, 0.717) is 14.6 Å². The maximum Gasteiger partial charge on any atom is 0.311 e. The van der Waals surface area contributed by atoms with Crippen molar-refractivity contribution in [3.63, 3.8) is 0 Å². The monoisotopic (exact) mass is 393 g/mol. The van der Waals surface area contributed by atoms with E-state index >= 15 is 0 Å². The average Bonchev–Trinajstić information content (AvgIpc) is 2.69. The molecule has 102 valence electrons. The summed E-state index contributed by atoms with van der Waals surface area (Å²) in [6.45, 7) is 0.230. The molecule has 1 aliphatic rings. The molecule has 1 heterocycles. The maximum atomic E-state index is 13.2. The van der Waals surface area contributed by atoms with Gasteiger partial charge in [-0.25, -0.2) is 4.39 Å². The molecule has 4 nitrogen and oxygen atoms in total. The van der Waals surface area contributed by atoms with Gasteiger partial charge in [0.15, 0.2) is 0 Å². The lowest BCUT2D eigenvalue weighted by Crippen LogP contribution is -2.27. The largest absolute Gasteiger partial charge is 0.469 e. The number of nitrogens with zero attached hydrogens (tertiary/aromatic N) is 1. The lowest BCUT2D eigenvalue weighted by molar-refractivity contribution is -0.145. The molecule has 0 saturated carbocycles. The lowest BCUT2D eigenvalue weighted by atomic mass is 10.1. The van der Waals surface area contributed by atoms with Gasteiger partial charge in [-0.1, -0.05) is 0 Å².